The first-order valence-electron chi connectivity index (χ1n) is 9.59. The monoisotopic (exact) mass is 384 g/mol. The largest absolute Gasteiger partial charge is 0.378 e. The number of nitrogens with one attached hydrogen (secondary N) is 1. The average molecular weight is 384 g/mol. The topological polar surface area (TPSA) is 50.2 Å². The third kappa shape index (κ3) is 3.72. The van der Waals surface area contributed by atoms with Gasteiger partial charge in [-0.1, -0.05) is 48.5 Å². The van der Waals surface area contributed by atoms with Crippen molar-refractivity contribution < 1.29 is 4.79 Å². The highest BCUT2D eigenvalue weighted by molar-refractivity contribution is 5.95. The summed E-state index contributed by atoms with van der Waals surface area (Å²) in [6, 6.07) is 25.2. The van der Waals surface area contributed by atoms with Gasteiger partial charge in [-0.25, -0.2) is 4.98 Å². The number of carbonyl (C=O) groups is 1. The molecule has 0 aliphatic heterocycles. The maximum atomic E-state index is 13.1. The first-order chi connectivity index (χ1) is 14.0. The van der Waals surface area contributed by atoms with E-state index < -0.39 is 0 Å². The molecule has 1 unspecified atom stereocenters. The van der Waals surface area contributed by atoms with Gasteiger partial charge in [0.1, 0.15) is 11.9 Å². The van der Waals surface area contributed by atoms with Gasteiger partial charge in [-0.3, -0.25) is 4.79 Å². The quantitative estimate of drug-likeness (QED) is 0.562. The average Bonchev–Trinajstić information content (AvgIpc) is 3.09. The van der Waals surface area contributed by atoms with Crippen LogP contribution in [0.2, 0.25) is 0 Å². The van der Waals surface area contributed by atoms with Crippen LogP contribution in [0.4, 0.5) is 5.69 Å². The number of rotatable bonds is 5. The SMILES string of the molecule is CN(C)c1cccc(C(=O)NC(c2ccccc2)c2nc3ccccc3n2C)c1. The van der Waals surface area contributed by atoms with Crippen LogP contribution < -0.4 is 10.2 Å². The zero-order valence-electron chi connectivity index (χ0n) is 16.8. The number of aryl methyl sites for hydroxylation is 1. The molecule has 3 aromatic carbocycles. The lowest BCUT2D eigenvalue weighted by molar-refractivity contribution is 0.0941. The number of aromatic nitrogens is 2. The molecular weight excluding hydrogens is 360 g/mol. The second-order valence-electron chi connectivity index (χ2n) is 7.28. The van der Waals surface area contributed by atoms with Gasteiger partial charge < -0.3 is 14.8 Å². The van der Waals surface area contributed by atoms with E-state index in [4.69, 9.17) is 4.98 Å². The summed E-state index contributed by atoms with van der Waals surface area (Å²) in [5.41, 5.74) is 4.54. The summed E-state index contributed by atoms with van der Waals surface area (Å²) in [5.74, 6) is 0.670. The molecular formula is C24H24N4O. The van der Waals surface area contributed by atoms with Crippen molar-refractivity contribution >= 4 is 22.6 Å². The Morgan fingerprint density at radius 1 is 0.966 bits per heavy atom. The lowest BCUT2D eigenvalue weighted by atomic mass is 10.1. The molecule has 0 spiro atoms. The molecule has 0 aliphatic rings. The number of nitrogens with zero attached hydrogens (tertiary/aromatic N) is 3. The Labute approximate surface area is 170 Å². The first kappa shape index (κ1) is 18.7. The summed E-state index contributed by atoms with van der Waals surface area (Å²) in [7, 11) is 5.91. The van der Waals surface area contributed by atoms with Crippen molar-refractivity contribution in [3.63, 3.8) is 0 Å². The fraction of sp³-hybridized carbons (Fsp3) is 0.167. The van der Waals surface area contributed by atoms with Crippen molar-refractivity contribution in [1.29, 1.82) is 0 Å². The summed E-state index contributed by atoms with van der Waals surface area (Å²) in [5, 5.41) is 3.19. The Hall–Kier alpha value is -3.60. The second-order valence-corrected chi connectivity index (χ2v) is 7.28. The zero-order chi connectivity index (χ0) is 20.4. The van der Waals surface area contributed by atoms with Crippen molar-refractivity contribution in [1.82, 2.24) is 14.9 Å². The highest BCUT2D eigenvalue weighted by Gasteiger charge is 2.23. The maximum absolute atomic E-state index is 13.1. The molecule has 5 heteroatoms. The number of anilines is 1. The predicted octanol–water partition coefficient (Wildman–Crippen LogP) is 4.16. The molecule has 1 amide bonds. The third-order valence-corrected chi connectivity index (χ3v) is 5.11. The number of para-hydroxylation sites is 2. The molecule has 5 nitrogen and oxygen atoms in total. The van der Waals surface area contributed by atoms with Gasteiger partial charge in [0.2, 0.25) is 0 Å². The normalized spacial score (nSPS) is 12.0. The molecule has 146 valence electrons. The minimum atomic E-state index is -0.357. The standard InChI is InChI=1S/C24H24N4O/c1-27(2)19-13-9-12-18(16-19)24(29)26-22(17-10-5-4-6-11-17)23-25-20-14-7-8-15-21(20)28(23)3/h4-16,22H,1-3H3,(H,26,29). The third-order valence-electron chi connectivity index (χ3n) is 5.11. The number of carbonyl (C=O) groups excluding carboxylic acids is 1. The Bertz CT molecular complexity index is 1150. The molecule has 0 bridgehead atoms. The lowest BCUT2D eigenvalue weighted by Gasteiger charge is -2.20. The van der Waals surface area contributed by atoms with Gasteiger partial charge in [-0.15, -0.1) is 0 Å². The van der Waals surface area contributed by atoms with Crippen LogP contribution in [0, 0.1) is 0 Å². The summed E-state index contributed by atoms with van der Waals surface area (Å²) in [6.45, 7) is 0. The van der Waals surface area contributed by atoms with Crippen LogP contribution in [-0.2, 0) is 7.05 Å². The lowest BCUT2D eigenvalue weighted by Crippen LogP contribution is -2.31. The van der Waals surface area contributed by atoms with E-state index in [2.05, 4.69) is 5.32 Å². The highest BCUT2D eigenvalue weighted by atomic mass is 16.1. The van der Waals surface area contributed by atoms with Gasteiger partial charge in [0.05, 0.1) is 11.0 Å². The molecule has 0 saturated heterocycles. The van der Waals surface area contributed by atoms with E-state index in [0.717, 1.165) is 28.1 Å². The fourth-order valence-electron chi connectivity index (χ4n) is 3.50. The van der Waals surface area contributed by atoms with Crippen molar-refractivity contribution in [3.8, 4) is 0 Å². The Kier molecular flexibility index (Phi) is 5.04. The van der Waals surface area contributed by atoms with E-state index in [1.807, 2.05) is 109 Å². The summed E-state index contributed by atoms with van der Waals surface area (Å²) in [4.78, 5) is 19.9. The number of hydrogen-bond acceptors (Lipinski definition) is 3. The number of imidazole rings is 1. The van der Waals surface area contributed by atoms with Crippen LogP contribution in [-0.4, -0.2) is 29.6 Å². The molecule has 1 N–H and O–H groups in total. The Balaban J connectivity index is 1.75. The van der Waals surface area contributed by atoms with E-state index in [1.165, 1.54) is 0 Å². The van der Waals surface area contributed by atoms with Crippen LogP contribution in [0.25, 0.3) is 11.0 Å². The minimum Gasteiger partial charge on any atom is -0.378 e. The number of benzene rings is 3. The van der Waals surface area contributed by atoms with Crippen LogP contribution in [0.3, 0.4) is 0 Å². The van der Waals surface area contributed by atoms with Crippen molar-refractivity contribution in [2.75, 3.05) is 19.0 Å². The molecule has 4 rings (SSSR count). The molecule has 1 heterocycles. The van der Waals surface area contributed by atoms with Gasteiger partial charge in [0.25, 0.3) is 5.91 Å². The molecule has 1 atom stereocenters. The van der Waals surface area contributed by atoms with Crippen LogP contribution in [0.5, 0.6) is 0 Å². The van der Waals surface area contributed by atoms with E-state index >= 15 is 0 Å². The van der Waals surface area contributed by atoms with Crippen molar-refractivity contribution in [3.05, 3.63) is 95.8 Å². The molecule has 1 aromatic heterocycles. The minimum absolute atomic E-state index is 0.130. The molecule has 0 aliphatic carbocycles. The smallest absolute Gasteiger partial charge is 0.252 e. The fourth-order valence-corrected chi connectivity index (χ4v) is 3.50. The Morgan fingerprint density at radius 3 is 2.41 bits per heavy atom. The molecule has 0 radical (unpaired) electrons. The van der Waals surface area contributed by atoms with Crippen LogP contribution in [0.15, 0.2) is 78.9 Å². The van der Waals surface area contributed by atoms with Gasteiger partial charge in [0, 0.05) is 32.4 Å². The van der Waals surface area contributed by atoms with Crippen LogP contribution in [0.1, 0.15) is 27.8 Å². The number of hydrogen-bond donors (Lipinski definition) is 1. The second kappa shape index (κ2) is 7.80. The number of amides is 1. The zero-order valence-corrected chi connectivity index (χ0v) is 16.8. The number of fused-ring (bicyclic) bond motifs is 1. The molecule has 4 aromatic rings. The van der Waals surface area contributed by atoms with Gasteiger partial charge >= 0.3 is 0 Å². The first-order valence-corrected chi connectivity index (χ1v) is 9.59. The summed E-state index contributed by atoms with van der Waals surface area (Å²) < 4.78 is 2.05. The van der Waals surface area contributed by atoms with Crippen LogP contribution >= 0.6 is 0 Å². The maximum Gasteiger partial charge on any atom is 0.252 e. The summed E-state index contributed by atoms with van der Waals surface area (Å²) >= 11 is 0. The van der Waals surface area contributed by atoms with E-state index in [9.17, 15) is 4.79 Å². The summed E-state index contributed by atoms with van der Waals surface area (Å²) in [6.07, 6.45) is 0. The molecule has 29 heavy (non-hydrogen) atoms. The molecule has 0 saturated carbocycles. The van der Waals surface area contributed by atoms with Gasteiger partial charge in [0.15, 0.2) is 0 Å². The van der Waals surface area contributed by atoms with Gasteiger partial charge in [-0.2, -0.15) is 0 Å². The highest BCUT2D eigenvalue weighted by Crippen LogP contribution is 2.25. The van der Waals surface area contributed by atoms with Crippen molar-refractivity contribution in [2.45, 2.75) is 6.04 Å². The van der Waals surface area contributed by atoms with Gasteiger partial charge in [-0.05, 0) is 35.9 Å². The van der Waals surface area contributed by atoms with E-state index in [1.54, 1.807) is 0 Å². The van der Waals surface area contributed by atoms with E-state index in [0.29, 0.717) is 5.56 Å². The van der Waals surface area contributed by atoms with Crippen molar-refractivity contribution in [2.24, 2.45) is 7.05 Å². The Morgan fingerprint density at radius 2 is 1.69 bits per heavy atom. The van der Waals surface area contributed by atoms with E-state index in [-0.39, 0.29) is 11.9 Å². The molecule has 0 fully saturated rings. The predicted molar refractivity (Wildman–Crippen MR) is 117 cm³/mol.